The van der Waals surface area contributed by atoms with E-state index >= 15 is 0 Å². The zero-order chi connectivity index (χ0) is 25.5. The van der Waals surface area contributed by atoms with E-state index < -0.39 is 0 Å². The number of benzene rings is 2. The number of likely N-dealkylation sites (tertiary alicyclic amines) is 1. The Morgan fingerprint density at radius 2 is 1.74 bits per heavy atom. The molecular weight excluding hydrogens is 424 g/mol. The molecule has 0 unspecified atom stereocenters. The van der Waals surface area contributed by atoms with Crippen molar-refractivity contribution in [3.05, 3.63) is 94.2 Å². The Balaban J connectivity index is 1.75. The summed E-state index contributed by atoms with van der Waals surface area (Å²) >= 11 is 0. The highest BCUT2D eigenvalue weighted by Crippen LogP contribution is 2.34. The summed E-state index contributed by atoms with van der Waals surface area (Å²) in [5, 5.41) is 3.62. The second kappa shape index (κ2) is 12.0. The van der Waals surface area contributed by atoms with E-state index in [9.17, 15) is 0 Å². The van der Waals surface area contributed by atoms with Gasteiger partial charge in [0.25, 0.3) is 0 Å². The third kappa shape index (κ3) is 6.29. The minimum atomic E-state index is 0.578. The summed E-state index contributed by atoms with van der Waals surface area (Å²) in [6.07, 6.45) is 11.0. The Labute approximate surface area is 213 Å². The standard InChI is InChI=1S/C33H42N2/c1-9-12-23(4)33(11-3)34-26(7)31-21-24(5)25(6)32(22-31)27(8)35-19-17-30(18-20-35)29-15-13-28(10-2)14-16-29/h2,13-16,21-22,30,34H,7-9,11-12,17-20H2,1,3-6H3/b33-23+. The number of rotatable bonds is 9. The molecule has 0 saturated carbocycles. The van der Waals surface area contributed by atoms with Crippen molar-refractivity contribution in [2.45, 2.75) is 72.6 Å². The van der Waals surface area contributed by atoms with Gasteiger partial charge in [0.05, 0.1) is 0 Å². The molecule has 35 heavy (non-hydrogen) atoms. The molecule has 0 aliphatic carbocycles. The molecule has 1 saturated heterocycles. The summed E-state index contributed by atoms with van der Waals surface area (Å²) in [6, 6.07) is 13.0. The quantitative estimate of drug-likeness (QED) is 0.375. The van der Waals surface area contributed by atoms with Crippen molar-refractivity contribution in [2.24, 2.45) is 0 Å². The fraction of sp³-hybridized carbons (Fsp3) is 0.394. The van der Waals surface area contributed by atoms with Gasteiger partial charge in [0.1, 0.15) is 0 Å². The van der Waals surface area contributed by atoms with Crippen molar-refractivity contribution in [1.29, 1.82) is 0 Å². The number of terminal acetylenes is 1. The second-order valence-electron chi connectivity index (χ2n) is 9.91. The molecule has 184 valence electrons. The molecule has 1 N–H and O–H groups in total. The van der Waals surface area contributed by atoms with Crippen LogP contribution in [-0.4, -0.2) is 18.0 Å². The summed E-state index contributed by atoms with van der Waals surface area (Å²) < 4.78 is 0. The fourth-order valence-corrected chi connectivity index (χ4v) is 5.11. The fourth-order valence-electron chi connectivity index (χ4n) is 5.11. The zero-order valence-corrected chi connectivity index (χ0v) is 22.4. The van der Waals surface area contributed by atoms with Gasteiger partial charge < -0.3 is 10.2 Å². The number of allylic oxidation sites excluding steroid dienone is 2. The van der Waals surface area contributed by atoms with Crippen LogP contribution in [0.2, 0.25) is 0 Å². The van der Waals surface area contributed by atoms with Crippen molar-refractivity contribution in [3.63, 3.8) is 0 Å². The van der Waals surface area contributed by atoms with Gasteiger partial charge in [-0.05, 0) is 98.9 Å². The zero-order valence-electron chi connectivity index (χ0n) is 22.4. The number of piperidine rings is 1. The molecule has 0 bridgehead atoms. The molecule has 2 aromatic rings. The minimum Gasteiger partial charge on any atom is -0.371 e. The van der Waals surface area contributed by atoms with Crippen LogP contribution in [0.25, 0.3) is 11.4 Å². The molecule has 0 aromatic heterocycles. The van der Waals surface area contributed by atoms with E-state index in [4.69, 9.17) is 6.42 Å². The van der Waals surface area contributed by atoms with Gasteiger partial charge in [0.2, 0.25) is 0 Å². The van der Waals surface area contributed by atoms with Crippen molar-refractivity contribution in [2.75, 3.05) is 13.1 Å². The van der Waals surface area contributed by atoms with Crippen molar-refractivity contribution in [1.82, 2.24) is 10.2 Å². The molecule has 1 heterocycles. The van der Waals surface area contributed by atoms with Gasteiger partial charge in [0.15, 0.2) is 0 Å². The maximum absolute atomic E-state index is 5.52. The van der Waals surface area contributed by atoms with Crippen LogP contribution in [0, 0.1) is 26.2 Å². The van der Waals surface area contributed by atoms with Crippen molar-refractivity contribution >= 4 is 11.4 Å². The average molecular weight is 467 g/mol. The lowest BCUT2D eigenvalue weighted by Gasteiger charge is -2.36. The molecule has 1 fully saturated rings. The van der Waals surface area contributed by atoms with E-state index in [-0.39, 0.29) is 0 Å². The Kier molecular flexibility index (Phi) is 9.05. The molecule has 2 heteroatoms. The number of hydrogen-bond donors (Lipinski definition) is 1. The van der Waals surface area contributed by atoms with E-state index in [2.05, 4.69) is 100 Å². The van der Waals surface area contributed by atoms with Gasteiger partial charge in [-0.3, -0.25) is 0 Å². The normalized spacial score (nSPS) is 14.8. The minimum absolute atomic E-state index is 0.578. The maximum atomic E-state index is 5.52. The van der Waals surface area contributed by atoms with Crippen LogP contribution in [0.1, 0.15) is 92.2 Å². The highest BCUT2D eigenvalue weighted by molar-refractivity contribution is 5.73. The van der Waals surface area contributed by atoms with Gasteiger partial charge in [-0.2, -0.15) is 0 Å². The summed E-state index contributed by atoms with van der Waals surface area (Å²) in [5.74, 6) is 3.29. The molecule has 0 radical (unpaired) electrons. The molecule has 2 aromatic carbocycles. The van der Waals surface area contributed by atoms with Gasteiger partial charge in [-0.1, -0.05) is 57.1 Å². The first-order valence-corrected chi connectivity index (χ1v) is 13.1. The lowest BCUT2D eigenvalue weighted by Crippen LogP contribution is -2.31. The number of nitrogens with zero attached hydrogens (tertiary/aromatic N) is 1. The summed E-state index contributed by atoms with van der Waals surface area (Å²) in [7, 11) is 0. The highest BCUT2D eigenvalue weighted by atomic mass is 15.1. The Bertz CT molecular complexity index is 1130. The maximum Gasteiger partial charge on any atom is 0.0382 e. The van der Waals surface area contributed by atoms with Crippen LogP contribution in [-0.2, 0) is 0 Å². The van der Waals surface area contributed by atoms with Gasteiger partial charge in [-0.15, -0.1) is 6.42 Å². The highest BCUT2D eigenvalue weighted by Gasteiger charge is 2.23. The van der Waals surface area contributed by atoms with Crippen molar-refractivity contribution < 1.29 is 0 Å². The van der Waals surface area contributed by atoms with Crippen molar-refractivity contribution in [3.8, 4) is 12.3 Å². The summed E-state index contributed by atoms with van der Waals surface area (Å²) in [6.45, 7) is 22.0. The smallest absolute Gasteiger partial charge is 0.0382 e. The van der Waals surface area contributed by atoms with E-state index in [1.165, 1.54) is 33.5 Å². The lowest BCUT2D eigenvalue weighted by molar-refractivity contribution is 0.299. The van der Waals surface area contributed by atoms with Gasteiger partial charge in [-0.25, -0.2) is 0 Å². The first-order valence-electron chi connectivity index (χ1n) is 13.1. The number of hydrogen-bond acceptors (Lipinski definition) is 2. The molecule has 2 nitrogen and oxygen atoms in total. The summed E-state index contributed by atoms with van der Waals surface area (Å²) in [5.41, 5.74) is 12.1. The molecule has 0 amide bonds. The third-order valence-electron chi connectivity index (χ3n) is 7.55. The SMILES string of the molecule is C#Cc1ccc(C2CCN(C(=C)c3cc(C(=C)N/C(CC)=C(\C)CCC)cc(C)c3C)CC2)cc1. The topological polar surface area (TPSA) is 15.3 Å². The molecule has 1 aliphatic rings. The Morgan fingerprint density at radius 3 is 2.31 bits per heavy atom. The predicted molar refractivity (Wildman–Crippen MR) is 153 cm³/mol. The molecule has 0 spiro atoms. The van der Waals surface area contributed by atoms with E-state index in [1.54, 1.807) is 0 Å². The monoisotopic (exact) mass is 466 g/mol. The Hall–Kier alpha value is -3.18. The first-order chi connectivity index (χ1) is 16.8. The number of nitrogens with one attached hydrogen (secondary N) is 1. The number of aryl methyl sites for hydroxylation is 1. The van der Waals surface area contributed by atoms with E-state index in [1.807, 2.05) is 0 Å². The lowest BCUT2D eigenvalue weighted by atomic mass is 9.88. The predicted octanol–water partition coefficient (Wildman–Crippen LogP) is 8.18. The van der Waals surface area contributed by atoms with Crippen LogP contribution >= 0.6 is 0 Å². The molecule has 1 aliphatic heterocycles. The second-order valence-corrected chi connectivity index (χ2v) is 9.91. The molecule has 0 atom stereocenters. The van der Waals surface area contributed by atoms with E-state index in [0.717, 1.165) is 67.7 Å². The van der Waals surface area contributed by atoms with Gasteiger partial charge >= 0.3 is 0 Å². The largest absolute Gasteiger partial charge is 0.371 e. The van der Waals surface area contributed by atoms with Crippen LogP contribution in [0.3, 0.4) is 0 Å². The van der Waals surface area contributed by atoms with Crippen LogP contribution in [0.4, 0.5) is 0 Å². The van der Waals surface area contributed by atoms with Crippen LogP contribution in [0.15, 0.2) is 60.8 Å². The van der Waals surface area contributed by atoms with Crippen LogP contribution < -0.4 is 5.32 Å². The summed E-state index contributed by atoms with van der Waals surface area (Å²) in [4.78, 5) is 2.46. The average Bonchev–Trinajstić information content (AvgIpc) is 2.88. The first kappa shape index (κ1) is 26.4. The van der Waals surface area contributed by atoms with Gasteiger partial charge in [0, 0.05) is 41.3 Å². The third-order valence-corrected chi connectivity index (χ3v) is 7.55. The van der Waals surface area contributed by atoms with E-state index in [0.29, 0.717) is 5.92 Å². The molecule has 3 rings (SSSR count). The Morgan fingerprint density at radius 1 is 1.09 bits per heavy atom. The molecular formula is C33H42N2. The van der Waals surface area contributed by atoms with Crippen LogP contribution in [0.5, 0.6) is 0 Å².